The average molecular weight is 252 g/mol. The second-order valence-corrected chi connectivity index (χ2v) is 3.81. The molecule has 1 aromatic heterocycles. The van der Waals surface area contributed by atoms with Crippen molar-refractivity contribution in [2.45, 2.75) is 6.54 Å². The fourth-order valence-corrected chi connectivity index (χ4v) is 1.44. The Labute approximate surface area is 102 Å². The van der Waals surface area contributed by atoms with Gasteiger partial charge in [0.15, 0.2) is 0 Å². The summed E-state index contributed by atoms with van der Waals surface area (Å²) in [6, 6.07) is 7.40. The molecule has 6 nitrogen and oxygen atoms in total. The van der Waals surface area contributed by atoms with Gasteiger partial charge in [0.25, 0.3) is 0 Å². The van der Waals surface area contributed by atoms with Crippen LogP contribution in [-0.2, 0) is 6.54 Å². The van der Waals surface area contributed by atoms with Crippen LogP contribution in [0.2, 0.25) is 5.02 Å². The van der Waals surface area contributed by atoms with Gasteiger partial charge in [-0.15, -0.1) is 5.10 Å². The Hall–Kier alpha value is -2.08. The van der Waals surface area contributed by atoms with Crippen LogP contribution in [0.4, 0.5) is 0 Å². The van der Waals surface area contributed by atoms with Crippen molar-refractivity contribution in [2.75, 3.05) is 0 Å². The smallest absolute Gasteiger partial charge is 0.219 e. The number of benzene rings is 1. The maximum Gasteiger partial charge on any atom is 0.219 e. The zero-order valence-electron chi connectivity index (χ0n) is 8.79. The van der Waals surface area contributed by atoms with E-state index in [1.807, 2.05) is 12.1 Å². The fourth-order valence-electron chi connectivity index (χ4n) is 1.31. The van der Waals surface area contributed by atoms with Crippen molar-refractivity contribution in [3.05, 3.63) is 47.0 Å². The highest BCUT2D eigenvalue weighted by Crippen LogP contribution is 2.10. The number of nitrogens with two attached hydrogens (primary N) is 1. The third kappa shape index (κ3) is 2.73. The SMILES string of the molecule is NC(=NO)c1ncn(Cc2ccc(Cl)cc2)n1. The summed E-state index contributed by atoms with van der Waals surface area (Å²) < 4.78 is 1.59. The van der Waals surface area contributed by atoms with E-state index in [1.165, 1.54) is 6.33 Å². The van der Waals surface area contributed by atoms with E-state index < -0.39 is 0 Å². The van der Waals surface area contributed by atoms with E-state index in [2.05, 4.69) is 15.2 Å². The standard InChI is InChI=1S/C10H10ClN5O/c11-8-3-1-7(2-4-8)5-16-6-13-10(14-16)9(12)15-17/h1-4,6,17H,5H2,(H2,12,15). The van der Waals surface area contributed by atoms with Crippen molar-refractivity contribution < 1.29 is 5.21 Å². The first-order valence-corrected chi connectivity index (χ1v) is 5.18. The molecule has 0 spiro atoms. The number of hydrogen-bond acceptors (Lipinski definition) is 4. The highest BCUT2D eigenvalue weighted by Gasteiger charge is 2.05. The summed E-state index contributed by atoms with van der Waals surface area (Å²) in [5.41, 5.74) is 6.40. The zero-order valence-corrected chi connectivity index (χ0v) is 9.54. The van der Waals surface area contributed by atoms with Crippen molar-refractivity contribution in [1.82, 2.24) is 14.8 Å². The van der Waals surface area contributed by atoms with E-state index >= 15 is 0 Å². The van der Waals surface area contributed by atoms with Gasteiger partial charge in [-0.1, -0.05) is 28.9 Å². The van der Waals surface area contributed by atoms with Gasteiger partial charge in [0.05, 0.1) is 6.54 Å². The van der Waals surface area contributed by atoms with Gasteiger partial charge in [-0.2, -0.15) is 0 Å². The molecule has 2 aromatic rings. The third-order valence-corrected chi connectivity index (χ3v) is 2.38. The molecule has 17 heavy (non-hydrogen) atoms. The Bertz CT molecular complexity index is 534. The van der Waals surface area contributed by atoms with Gasteiger partial charge in [-0.3, -0.25) is 0 Å². The number of rotatable bonds is 3. The molecule has 3 N–H and O–H groups in total. The molecule has 0 saturated heterocycles. The minimum atomic E-state index is -0.111. The van der Waals surface area contributed by atoms with Gasteiger partial charge >= 0.3 is 0 Å². The lowest BCUT2D eigenvalue weighted by Gasteiger charge is -2.00. The number of nitrogens with zero attached hydrogens (tertiary/aromatic N) is 4. The molecular weight excluding hydrogens is 242 g/mol. The van der Waals surface area contributed by atoms with Crippen molar-refractivity contribution in [3.8, 4) is 0 Å². The Kier molecular flexibility index (Phi) is 3.24. The molecule has 0 atom stereocenters. The van der Waals surface area contributed by atoms with Crippen LogP contribution < -0.4 is 5.73 Å². The Morgan fingerprint density at radius 1 is 1.41 bits per heavy atom. The minimum absolute atomic E-state index is 0.111. The largest absolute Gasteiger partial charge is 0.409 e. The van der Waals surface area contributed by atoms with E-state index in [0.717, 1.165) is 5.56 Å². The molecule has 0 aliphatic heterocycles. The summed E-state index contributed by atoms with van der Waals surface area (Å²) in [5.74, 6) is 0.0846. The second-order valence-electron chi connectivity index (χ2n) is 3.38. The van der Waals surface area contributed by atoms with Gasteiger partial charge in [-0.25, -0.2) is 9.67 Å². The maximum absolute atomic E-state index is 8.48. The molecule has 1 aromatic carbocycles. The van der Waals surface area contributed by atoms with Crippen LogP contribution in [0.1, 0.15) is 11.4 Å². The van der Waals surface area contributed by atoms with Crippen LogP contribution in [0.15, 0.2) is 35.7 Å². The minimum Gasteiger partial charge on any atom is -0.409 e. The van der Waals surface area contributed by atoms with Crippen LogP contribution >= 0.6 is 11.6 Å². The van der Waals surface area contributed by atoms with Crippen LogP contribution in [-0.4, -0.2) is 25.8 Å². The number of aromatic nitrogens is 3. The predicted octanol–water partition coefficient (Wildman–Crippen LogP) is 1.07. The van der Waals surface area contributed by atoms with E-state index in [-0.39, 0.29) is 11.7 Å². The van der Waals surface area contributed by atoms with Crippen molar-refractivity contribution in [1.29, 1.82) is 0 Å². The van der Waals surface area contributed by atoms with Gasteiger partial charge in [0, 0.05) is 5.02 Å². The first kappa shape index (κ1) is 11.4. The first-order chi connectivity index (χ1) is 8.19. The summed E-state index contributed by atoms with van der Waals surface area (Å²) in [5, 5.41) is 16.0. The predicted molar refractivity (Wildman–Crippen MR) is 63.1 cm³/mol. The molecule has 0 unspecified atom stereocenters. The molecular formula is C10H10ClN5O. The van der Waals surface area contributed by atoms with Crippen molar-refractivity contribution >= 4 is 17.4 Å². The van der Waals surface area contributed by atoms with Crippen molar-refractivity contribution in [3.63, 3.8) is 0 Å². The number of halogens is 1. The molecule has 1 heterocycles. The Morgan fingerprint density at radius 3 is 2.76 bits per heavy atom. The summed E-state index contributed by atoms with van der Waals surface area (Å²) >= 11 is 5.78. The van der Waals surface area contributed by atoms with Crippen LogP contribution in [0.5, 0.6) is 0 Å². The molecule has 0 aliphatic rings. The normalized spacial score (nSPS) is 11.7. The van der Waals surface area contributed by atoms with Crippen molar-refractivity contribution in [2.24, 2.45) is 10.9 Å². The lowest BCUT2D eigenvalue weighted by atomic mass is 10.2. The Morgan fingerprint density at radius 2 is 2.12 bits per heavy atom. The van der Waals surface area contributed by atoms with Crippen LogP contribution in [0.3, 0.4) is 0 Å². The second kappa shape index (κ2) is 4.84. The molecule has 0 saturated carbocycles. The maximum atomic E-state index is 8.48. The monoisotopic (exact) mass is 251 g/mol. The number of hydrogen-bond donors (Lipinski definition) is 2. The quantitative estimate of drug-likeness (QED) is 0.370. The fraction of sp³-hybridized carbons (Fsp3) is 0.100. The lowest BCUT2D eigenvalue weighted by Crippen LogP contribution is -2.15. The zero-order chi connectivity index (χ0) is 12.3. The lowest BCUT2D eigenvalue weighted by molar-refractivity contribution is 0.318. The summed E-state index contributed by atoms with van der Waals surface area (Å²) in [7, 11) is 0. The Balaban J connectivity index is 2.14. The van der Waals surface area contributed by atoms with E-state index in [4.69, 9.17) is 22.5 Å². The molecule has 7 heteroatoms. The first-order valence-electron chi connectivity index (χ1n) is 4.81. The van der Waals surface area contributed by atoms with E-state index in [1.54, 1.807) is 16.8 Å². The van der Waals surface area contributed by atoms with Crippen LogP contribution in [0, 0.1) is 0 Å². The average Bonchev–Trinajstić information content (AvgIpc) is 2.80. The molecule has 0 bridgehead atoms. The van der Waals surface area contributed by atoms with E-state index in [9.17, 15) is 0 Å². The molecule has 0 amide bonds. The van der Waals surface area contributed by atoms with Crippen LogP contribution in [0.25, 0.3) is 0 Å². The van der Waals surface area contributed by atoms with Gasteiger partial charge in [0.1, 0.15) is 6.33 Å². The van der Waals surface area contributed by atoms with Gasteiger partial charge in [0.2, 0.25) is 11.7 Å². The summed E-state index contributed by atoms with van der Waals surface area (Å²) in [6.07, 6.45) is 1.52. The number of amidine groups is 1. The summed E-state index contributed by atoms with van der Waals surface area (Å²) in [6.45, 7) is 0.545. The van der Waals surface area contributed by atoms with Gasteiger partial charge < -0.3 is 10.9 Å². The number of oxime groups is 1. The molecule has 0 aliphatic carbocycles. The third-order valence-electron chi connectivity index (χ3n) is 2.13. The molecule has 2 rings (SSSR count). The molecule has 0 fully saturated rings. The molecule has 0 radical (unpaired) electrons. The summed E-state index contributed by atoms with van der Waals surface area (Å²) in [4.78, 5) is 3.91. The molecule has 88 valence electrons. The van der Waals surface area contributed by atoms with Gasteiger partial charge in [-0.05, 0) is 17.7 Å². The highest BCUT2D eigenvalue weighted by molar-refractivity contribution is 6.30. The topological polar surface area (TPSA) is 89.3 Å². The highest BCUT2D eigenvalue weighted by atomic mass is 35.5. The van der Waals surface area contributed by atoms with E-state index in [0.29, 0.717) is 11.6 Å².